The van der Waals surface area contributed by atoms with Crippen molar-refractivity contribution in [3.8, 4) is 22.7 Å². The van der Waals surface area contributed by atoms with Crippen molar-refractivity contribution in [2.24, 2.45) is 0 Å². The van der Waals surface area contributed by atoms with Crippen molar-refractivity contribution in [3.05, 3.63) is 102 Å². The minimum absolute atomic E-state index is 0.0942. The quantitative estimate of drug-likeness (QED) is 0.349. The summed E-state index contributed by atoms with van der Waals surface area (Å²) in [6.07, 6.45) is 1.72. The molecule has 0 fully saturated rings. The van der Waals surface area contributed by atoms with Crippen LogP contribution in [0.4, 0.5) is 0 Å². The van der Waals surface area contributed by atoms with Gasteiger partial charge in [0.1, 0.15) is 11.4 Å². The molecule has 2 N–H and O–H groups in total. The Morgan fingerprint density at radius 3 is 2.25 bits per heavy atom. The van der Waals surface area contributed by atoms with Crippen LogP contribution in [0.1, 0.15) is 22.0 Å². The predicted octanol–water partition coefficient (Wildman–Crippen LogP) is 4.46. The second-order valence-corrected chi connectivity index (χ2v) is 8.86. The number of carbonyl (C=O) groups is 1. The highest BCUT2D eigenvalue weighted by molar-refractivity contribution is 7.80. The Bertz CT molecular complexity index is 1310. The number of methoxy groups -OCH3 is 1. The number of carbonyl (C=O) groups excluding carboxylic acids is 1. The number of likely N-dealkylation sites (N-methyl/N-ethyl adjacent to an activating group) is 1. The molecular formula is C28H29N5O2S. The van der Waals surface area contributed by atoms with Gasteiger partial charge in [0.15, 0.2) is 5.11 Å². The summed E-state index contributed by atoms with van der Waals surface area (Å²) in [5, 5.41) is 11.0. The first-order chi connectivity index (χ1) is 17.5. The zero-order valence-electron chi connectivity index (χ0n) is 20.5. The smallest absolute Gasteiger partial charge is 0.261 e. The van der Waals surface area contributed by atoms with Gasteiger partial charge in [-0.1, -0.05) is 48.5 Å². The molecule has 0 bridgehead atoms. The monoisotopic (exact) mass is 499 g/mol. The number of rotatable bonds is 8. The van der Waals surface area contributed by atoms with Crippen molar-refractivity contribution in [3.63, 3.8) is 0 Å². The number of aromatic nitrogens is 2. The third-order valence-corrected chi connectivity index (χ3v) is 6.08. The highest BCUT2D eigenvalue weighted by Gasteiger charge is 2.20. The molecule has 36 heavy (non-hydrogen) atoms. The van der Waals surface area contributed by atoms with E-state index in [0.29, 0.717) is 17.8 Å². The number of thiocarbonyl (C=S) groups is 1. The normalized spacial score (nSPS) is 11.7. The molecule has 0 saturated heterocycles. The van der Waals surface area contributed by atoms with E-state index in [9.17, 15) is 4.79 Å². The van der Waals surface area contributed by atoms with Crippen LogP contribution in [0.2, 0.25) is 0 Å². The van der Waals surface area contributed by atoms with E-state index in [4.69, 9.17) is 22.1 Å². The third kappa shape index (κ3) is 5.97. The maximum Gasteiger partial charge on any atom is 0.261 e. The Balaban J connectivity index is 1.54. The molecule has 0 aliphatic rings. The summed E-state index contributed by atoms with van der Waals surface area (Å²) in [6.45, 7) is 0.546. The van der Waals surface area contributed by atoms with Gasteiger partial charge in [-0.15, -0.1) is 0 Å². The first-order valence-electron chi connectivity index (χ1n) is 11.6. The SMILES string of the molecule is COc1ccc(-c2nn(-c3ccccc3)cc2C(=O)NC(=S)NCC(c2ccccc2)N(C)C)cc1. The zero-order valence-corrected chi connectivity index (χ0v) is 21.3. The third-order valence-electron chi connectivity index (χ3n) is 5.83. The minimum atomic E-state index is -0.332. The Morgan fingerprint density at radius 1 is 1.00 bits per heavy atom. The van der Waals surface area contributed by atoms with Crippen LogP contribution in [0.25, 0.3) is 16.9 Å². The molecule has 1 heterocycles. The van der Waals surface area contributed by atoms with Crippen LogP contribution in [0.5, 0.6) is 5.75 Å². The molecule has 1 aromatic heterocycles. The molecule has 0 aliphatic carbocycles. The Kier molecular flexibility index (Phi) is 8.10. The first-order valence-corrected chi connectivity index (χ1v) is 12.0. The van der Waals surface area contributed by atoms with E-state index < -0.39 is 0 Å². The van der Waals surface area contributed by atoms with Gasteiger partial charge in [-0.25, -0.2) is 4.68 Å². The van der Waals surface area contributed by atoms with Crippen LogP contribution in [-0.4, -0.2) is 53.4 Å². The number of nitrogens with one attached hydrogen (secondary N) is 2. The summed E-state index contributed by atoms with van der Waals surface area (Å²) in [4.78, 5) is 15.4. The number of ether oxygens (including phenoxy) is 1. The molecule has 3 aromatic carbocycles. The largest absolute Gasteiger partial charge is 0.497 e. The Hall–Kier alpha value is -4.01. The molecule has 0 saturated carbocycles. The number of para-hydroxylation sites is 1. The molecular weight excluding hydrogens is 470 g/mol. The average molecular weight is 500 g/mol. The van der Waals surface area contributed by atoms with Crippen LogP contribution in [0.3, 0.4) is 0 Å². The first kappa shape index (κ1) is 25.1. The zero-order chi connectivity index (χ0) is 25.5. The molecule has 1 atom stereocenters. The summed E-state index contributed by atoms with van der Waals surface area (Å²) in [5.74, 6) is 0.396. The van der Waals surface area contributed by atoms with Crippen molar-refractivity contribution in [1.82, 2.24) is 25.3 Å². The van der Waals surface area contributed by atoms with Gasteiger partial charge in [0.05, 0.1) is 24.4 Å². The second kappa shape index (κ2) is 11.6. The van der Waals surface area contributed by atoms with Crippen molar-refractivity contribution in [1.29, 1.82) is 0 Å². The molecule has 4 rings (SSSR count). The number of hydrogen-bond donors (Lipinski definition) is 2. The molecule has 184 valence electrons. The topological polar surface area (TPSA) is 71.4 Å². The van der Waals surface area contributed by atoms with Crippen molar-refractivity contribution in [2.45, 2.75) is 6.04 Å². The molecule has 8 heteroatoms. The van der Waals surface area contributed by atoms with E-state index in [0.717, 1.165) is 22.6 Å². The van der Waals surface area contributed by atoms with Gasteiger partial charge < -0.3 is 15.0 Å². The lowest BCUT2D eigenvalue weighted by Gasteiger charge is -2.25. The van der Waals surface area contributed by atoms with Gasteiger partial charge >= 0.3 is 0 Å². The number of hydrogen-bond acceptors (Lipinski definition) is 5. The molecule has 0 aliphatic heterocycles. The summed E-state index contributed by atoms with van der Waals surface area (Å²) in [5.41, 5.74) is 3.78. The van der Waals surface area contributed by atoms with Crippen molar-refractivity contribution in [2.75, 3.05) is 27.7 Å². The number of benzene rings is 3. The fourth-order valence-electron chi connectivity index (χ4n) is 3.89. The lowest BCUT2D eigenvalue weighted by Crippen LogP contribution is -2.42. The molecule has 1 unspecified atom stereocenters. The minimum Gasteiger partial charge on any atom is -0.497 e. The van der Waals surface area contributed by atoms with Gasteiger partial charge in [0, 0.05) is 18.3 Å². The van der Waals surface area contributed by atoms with Crippen molar-refractivity contribution < 1.29 is 9.53 Å². The highest BCUT2D eigenvalue weighted by atomic mass is 32.1. The van der Waals surface area contributed by atoms with E-state index in [2.05, 4.69) is 27.7 Å². The van der Waals surface area contributed by atoms with Crippen molar-refractivity contribution >= 4 is 23.2 Å². The average Bonchev–Trinajstić information content (AvgIpc) is 3.36. The maximum atomic E-state index is 13.3. The van der Waals surface area contributed by atoms with E-state index in [-0.39, 0.29) is 17.1 Å². The summed E-state index contributed by atoms with van der Waals surface area (Å²) >= 11 is 5.47. The Morgan fingerprint density at radius 2 is 1.64 bits per heavy atom. The summed E-state index contributed by atoms with van der Waals surface area (Å²) in [6, 6.07) is 27.4. The lowest BCUT2D eigenvalue weighted by atomic mass is 10.1. The van der Waals surface area contributed by atoms with Gasteiger partial charge in [-0.3, -0.25) is 10.1 Å². The summed E-state index contributed by atoms with van der Waals surface area (Å²) < 4.78 is 6.97. The van der Waals surface area contributed by atoms with Crippen LogP contribution in [-0.2, 0) is 0 Å². The van der Waals surface area contributed by atoms with Gasteiger partial charge in [-0.05, 0) is 68.3 Å². The molecule has 0 spiro atoms. The fourth-order valence-corrected chi connectivity index (χ4v) is 4.07. The number of nitrogens with zero attached hydrogens (tertiary/aromatic N) is 3. The molecule has 0 radical (unpaired) electrons. The predicted molar refractivity (Wildman–Crippen MR) is 146 cm³/mol. The fraction of sp³-hybridized carbons (Fsp3) is 0.179. The van der Waals surface area contributed by atoms with E-state index in [1.807, 2.05) is 86.9 Å². The Labute approximate surface area is 216 Å². The van der Waals surface area contributed by atoms with Crippen LogP contribution < -0.4 is 15.4 Å². The standard InChI is InChI=1S/C28H29N5O2S/c1-32(2)25(20-10-6-4-7-11-20)18-29-28(36)30-27(34)24-19-33(22-12-8-5-9-13-22)31-26(24)21-14-16-23(35-3)17-15-21/h4-17,19,25H,18H2,1-3H3,(H2,29,30,34,36). The summed E-state index contributed by atoms with van der Waals surface area (Å²) in [7, 11) is 5.64. The highest BCUT2D eigenvalue weighted by Crippen LogP contribution is 2.26. The second-order valence-electron chi connectivity index (χ2n) is 8.45. The van der Waals surface area contributed by atoms with E-state index >= 15 is 0 Å². The molecule has 1 amide bonds. The molecule has 7 nitrogen and oxygen atoms in total. The van der Waals surface area contributed by atoms with Gasteiger partial charge in [0.25, 0.3) is 5.91 Å². The van der Waals surface area contributed by atoms with Gasteiger partial charge in [0.2, 0.25) is 0 Å². The maximum absolute atomic E-state index is 13.3. The molecule has 4 aromatic rings. The van der Waals surface area contributed by atoms with Gasteiger partial charge in [-0.2, -0.15) is 5.10 Å². The van der Waals surface area contributed by atoms with E-state index in [1.165, 1.54) is 0 Å². The van der Waals surface area contributed by atoms with Crippen LogP contribution in [0, 0.1) is 0 Å². The lowest BCUT2D eigenvalue weighted by molar-refractivity contribution is 0.0977. The van der Waals surface area contributed by atoms with E-state index in [1.54, 1.807) is 18.0 Å². The van der Waals surface area contributed by atoms with Crippen LogP contribution >= 0.6 is 12.2 Å². The van der Waals surface area contributed by atoms with Crippen LogP contribution in [0.15, 0.2) is 91.1 Å². The number of amides is 1.